The molecule has 0 unspecified atom stereocenters. The first-order valence-corrected chi connectivity index (χ1v) is 7.63. The summed E-state index contributed by atoms with van der Waals surface area (Å²) in [6, 6.07) is 5.08. The second-order valence-electron chi connectivity index (χ2n) is 4.72. The van der Waals surface area contributed by atoms with Crippen LogP contribution in [0.25, 0.3) is 0 Å². The predicted octanol–water partition coefficient (Wildman–Crippen LogP) is 2.61. The molecule has 9 heteroatoms. The Kier molecular flexibility index (Phi) is 5.69. The Bertz CT molecular complexity index is 782. The van der Waals surface area contributed by atoms with Gasteiger partial charge in [0.1, 0.15) is 11.6 Å². The maximum absolute atomic E-state index is 12.8. The van der Waals surface area contributed by atoms with Gasteiger partial charge in [-0.05, 0) is 49.9 Å². The van der Waals surface area contributed by atoms with Crippen molar-refractivity contribution in [1.82, 2.24) is 15.5 Å². The van der Waals surface area contributed by atoms with Crippen LogP contribution in [0.3, 0.4) is 0 Å². The van der Waals surface area contributed by atoms with Gasteiger partial charge in [0, 0.05) is 5.56 Å². The van der Waals surface area contributed by atoms with Crippen molar-refractivity contribution in [3.8, 4) is 0 Å². The Morgan fingerprint density at radius 3 is 2.50 bits per heavy atom. The highest BCUT2D eigenvalue weighted by atomic mass is 32.2. The topological polar surface area (TPSA) is 105 Å². The smallest absolute Gasteiger partial charge is 0.281 e. The number of carbonyl (C=O) groups excluding carboxylic acids is 2. The van der Waals surface area contributed by atoms with Gasteiger partial charge >= 0.3 is 0 Å². The highest BCUT2D eigenvalue weighted by molar-refractivity contribution is 8.03. The number of hydrogen-bond acceptors (Lipinski definition) is 7. The lowest BCUT2D eigenvalue weighted by atomic mass is 10.2. The minimum atomic E-state index is -0.432. The zero-order valence-electron chi connectivity index (χ0n) is 12.9. The third kappa shape index (κ3) is 4.66. The third-order valence-electron chi connectivity index (χ3n) is 2.79. The number of nitrogens with one attached hydrogen (secondary N) is 1. The fourth-order valence-corrected chi connectivity index (χ4v) is 2.38. The molecular weight excluding hydrogens is 337 g/mol. The van der Waals surface area contributed by atoms with Crippen molar-refractivity contribution < 1.29 is 23.5 Å². The molecule has 2 N–H and O–H groups in total. The van der Waals surface area contributed by atoms with Gasteiger partial charge in [-0.2, -0.15) is 0 Å². The van der Waals surface area contributed by atoms with Gasteiger partial charge in [-0.3, -0.25) is 9.59 Å². The number of halogens is 1. The van der Waals surface area contributed by atoms with Gasteiger partial charge in [-0.25, -0.2) is 4.39 Å². The van der Waals surface area contributed by atoms with Gasteiger partial charge in [0.05, 0.1) is 11.4 Å². The van der Waals surface area contributed by atoms with E-state index in [9.17, 15) is 19.1 Å². The molecule has 0 saturated heterocycles. The Balaban J connectivity index is 1.96. The summed E-state index contributed by atoms with van der Waals surface area (Å²) < 4.78 is 18.1. The van der Waals surface area contributed by atoms with E-state index in [0.29, 0.717) is 5.56 Å². The van der Waals surface area contributed by atoms with Crippen molar-refractivity contribution >= 4 is 23.5 Å². The number of amides is 1. The first-order valence-electron chi connectivity index (χ1n) is 6.81. The van der Waals surface area contributed by atoms with Gasteiger partial charge in [0.25, 0.3) is 11.1 Å². The number of nitrogens with zero attached hydrogens (tertiary/aromatic N) is 2. The molecule has 1 aromatic heterocycles. The summed E-state index contributed by atoms with van der Waals surface area (Å²) in [7, 11) is 0. The number of Topliss-reactive ketones (excluding diaryl/α,β-unsaturated/α-hetero) is 1. The summed E-state index contributed by atoms with van der Waals surface area (Å²) in [6.07, 6.45) is 0. The number of thioether (sulfide) groups is 1. The molecule has 0 fully saturated rings. The molecule has 0 aliphatic carbocycles. The molecule has 1 amide bonds. The van der Waals surface area contributed by atoms with E-state index >= 15 is 0 Å². The number of allylic oxidation sites excluding steroid dienone is 2. The highest BCUT2D eigenvalue weighted by Gasteiger charge is 2.16. The van der Waals surface area contributed by atoms with Crippen LogP contribution in [0.15, 0.2) is 44.6 Å². The van der Waals surface area contributed by atoms with Crippen LogP contribution in [0, 0.1) is 5.82 Å². The summed E-state index contributed by atoms with van der Waals surface area (Å²) in [4.78, 5) is 23.4. The molecule has 7 nitrogen and oxygen atoms in total. The van der Waals surface area contributed by atoms with Crippen LogP contribution in [0.5, 0.6) is 0 Å². The Morgan fingerprint density at radius 2 is 1.92 bits per heavy atom. The molecule has 0 bridgehead atoms. The van der Waals surface area contributed by atoms with E-state index in [-0.39, 0.29) is 34.1 Å². The monoisotopic (exact) mass is 351 g/mol. The fraction of sp³-hybridized carbons (Fsp3) is 0.200. The molecule has 2 rings (SSSR count). The van der Waals surface area contributed by atoms with E-state index in [4.69, 9.17) is 4.42 Å². The van der Waals surface area contributed by atoms with Crippen molar-refractivity contribution in [2.24, 2.45) is 0 Å². The van der Waals surface area contributed by atoms with Crippen LogP contribution in [-0.4, -0.2) is 27.0 Å². The largest absolute Gasteiger partial charge is 0.511 e. The van der Waals surface area contributed by atoms with Gasteiger partial charge in [0.15, 0.2) is 5.78 Å². The second kappa shape index (κ2) is 7.73. The number of hydrogen-bond donors (Lipinski definition) is 2. The minimum absolute atomic E-state index is 0.0268. The fourth-order valence-electron chi connectivity index (χ4n) is 1.70. The van der Waals surface area contributed by atoms with Crippen LogP contribution in [0.4, 0.5) is 4.39 Å². The Morgan fingerprint density at radius 1 is 1.25 bits per heavy atom. The number of rotatable bonds is 6. The molecule has 0 aliphatic rings. The summed E-state index contributed by atoms with van der Waals surface area (Å²) in [5, 5.41) is 19.5. The lowest BCUT2D eigenvalue weighted by Crippen LogP contribution is -2.22. The molecule has 2 aromatic rings. The summed E-state index contributed by atoms with van der Waals surface area (Å²) in [5.41, 5.74) is 0.295. The van der Waals surface area contributed by atoms with E-state index in [1.807, 2.05) is 0 Å². The number of benzene rings is 1. The standard InChI is InChI=1S/C15H14FN3O4S/c1-8(20)13(9(2)21)24-15-19-18-12(23-15)7-17-14(22)10-3-5-11(16)6-4-10/h3-6,20H,7H2,1-2H3,(H,17,22)/b13-8-. The van der Waals surface area contributed by atoms with Crippen LogP contribution in [0.1, 0.15) is 30.1 Å². The molecule has 0 radical (unpaired) electrons. The normalized spacial score (nSPS) is 11.8. The molecule has 0 spiro atoms. The van der Waals surface area contributed by atoms with Crippen molar-refractivity contribution in [1.29, 1.82) is 0 Å². The van der Waals surface area contributed by atoms with Crippen LogP contribution in [-0.2, 0) is 11.3 Å². The highest BCUT2D eigenvalue weighted by Crippen LogP contribution is 2.27. The van der Waals surface area contributed by atoms with E-state index in [1.54, 1.807) is 0 Å². The maximum atomic E-state index is 12.8. The van der Waals surface area contributed by atoms with Crippen molar-refractivity contribution in [3.05, 3.63) is 52.2 Å². The van der Waals surface area contributed by atoms with Crippen molar-refractivity contribution in [2.45, 2.75) is 25.6 Å². The molecule has 1 heterocycles. The van der Waals surface area contributed by atoms with Crippen LogP contribution >= 0.6 is 11.8 Å². The zero-order chi connectivity index (χ0) is 17.7. The number of carbonyl (C=O) groups is 2. The number of ketones is 1. The predicted molar refractivity (Wildman–Crippen MR) is 83.7 cm³/mol. The van der Waals surface area contributed by atoms with Crippen molar-refractivity contribution in [3.63, 3.8) is 0 Å². The van der Waals surface area contributed by atoms with E-state index in [2.05, 4.69) is 15.5 Å². The molecule has 0 saturated carbocycles. The molecule has 126 valence electrons. The Labute approximate surface area is 141 Å². The average molecular weight is 351 g/mol. The quantitative estimate of drug-likeness (QED) is 0.468. The number of aromatic nitrogens is 2. The number of aliphatic hydroxyl groups excluding tert-OH is 1. The average Bonchev–Trinajstić information content (AvgIpc) is 2.98. The summed E-state index contributed by atoms with van der Waals surface area (Å²) in [5.74, 6) is -1.19. The van der Waals surface area contributed by atoms with Crippen LogP contribution in [0.2, 0.25) is 0 Å². The van der Waals surface area contributed by atoms with E-state index in [0.717, 1.165) is 11.8 Å². The van der Waals surface area contributed by atoms with Crippen molar-refractivity contribution in [2.75, 3.05) is 0 Å². The zero-order valence-corrected chi connectivity index (χ0v) is 13.7. The third-order valence-corrected chi connectivity index (χ3v) is 3.92. The van der Waals surface area contributed by atoms with Gasteiger partial charge in [-0.1, -0.05) is 0 Å². The second-order valence-corrected chi connectivity index (χ2v) is 5.69. The van der Waals surface area contributed by atoms with Crippen LogP contribution < -0.4 is 5.32 Å². The maximum Gasteiger partial charge on any atom is 0.281 e. The first-order chi connectivity index (χ1) is 11.4. The molecule has 0 aliphatic heterocycles. The molecule has 24 heavy (non-hydrogen) atoms. The number of aliphatic hydroxyl groups is 1. The minimum Gasteiger partial charge on any atom is -0.511 e. The Hall–Kier alpha value is -2.68. The summed E-state index contributed by atoms with van der Waals surface area (Å²) >= 11 is 0.843. The molecule has 1 aromatic carbocycles. The van der Waals surface area contributed by atoms with Gasteiger partial charge in [0.2, 0.25) is 5.89 Å². The first kappa shape index (κ1) is 17.7. The molecular formula is C15H14FN3O4S. The van der Waals surface area contributed by atoms with E-state index < -0.39 is 11.7 Å². The van der Waals surface area contributed by atoms with E-state index in [1.165, 1.54) is 38.1 Å². The van der Waals surface area contributed by atoms with Gasteiger partial charge < -0.3 is 14.8 Å². The lowest BCUT2D eigenvalue weighted by Gasteiger charge is -2.02. The lowest BCUT2D eigenvalue weighted by molar-refractivity contribution is -0.113. The SMILES string of the molecule is CC(=O)/C(Sc1nnc(CNC(=O)c2ccc(F)cc2)o1)=C(\C)O. The van der Waals surface area contributed by atoms with Gasteiger partial charge in [-0.15, -0.1) is 10.2 Å². The summed E-state index contributed by atoms with van der Waals surface area (Å²) in [6.45, 7) is 2.66. The molecule has 0 atom stereocenters.